The lowest BCUT2D eigenvalue weighted by molar-refractivity contribution is -0.125. The summed E-state index contributed by atoms with van der Waals surface area (Å²) in [6, 6.07) is 7.22. The van der Waals surface area contributed by atoms with E-state index in [-0.39, 0.29) is 18.4 Å². The van der Waals surface area contributed by atoms with Gasteiger partial charge in [0.25, 0.3) is 0 Å². The fourth-order valence-corrected chi connectivity index (χ4v) is 3.05. The number of carbonyl (C=O) groups is 2. The van der Waals surface area contributed by atoms with Crippen molar-refractivity contribution in [1.82, 2.24) is 20.6 Å². The van der Waals surface area contributed by atoms with Crippen molar-refractivity contribution in [3.63, 3.8) is 0 Å². The fraction of sp³-hybridized carbons (Fsp3) is 0.429. The highest BCUT2D eigenvalue weighted by Crippen LogP contribution is 2.29. The first-order chi connectivity index (χ1) is 13.3. The van der Waals surface area contributed by atoms with Crippen LogP contribution < -0.4 is 10.6 Å². The topological polar surface area (TPSA) is 93.2 Å². The number of amides is 1. The standard InChI is InChI=1S/C21H26N4O3/c1-5-14-10-16(19(26)28-12-15-8-6-7-9-22-15)17(23-11-14)18-24-20(27)21(4,25-18)13(2)3/h6-11,13,18,25H,5,12H2,1-4H3,(H,24,27). The molecule has 3 heterocycles. The second-order valence-corrected chi connectivity index (χ2v) is 7.43. The van der Waals surface area contributed by atoms with Gasteiger partial charge in [0, 0.05) is 12.4 Å². The summed E-state index contributed by atoms with van der Waals surface area (Å²) in [5.41, 5.74) is 1.66. The first-order valence-electron chi connectivity index (χ1n) is 9.49. The van der Waals surface area contributed by atoms with Crippen LogP contribution in [0.5, 0.6) is 0 Å². The molecule has 1 fully saturated rings. The van der Waals surface area contributed by atoms with Crippen LogP contribution in [-0.4, -0.2) is 27.4 Å². The number of nitrogens with one attached hydrogen (secondary N) is 2. The van der Waals surface area contributed by atoms with Crippen LogP contribution in [0.25, 0.3) is 0 Å². The minimum atomic E-state index is -0.731. The highest BCUT2D eigenvalue weighted by atomic mass is 16.5. The van der Waals surface area contributed by atoms with Gasteiger partial charge in [-0.15, -0.1) is 0 Å². The summed E-state index contributed by atoms with van der Waals surface area (Å²) in [6.45, 7) is 7.87. The van der Waals surface area contributed by atoms with Gasteiger partial charge in [-0.2, -0.15) is 0 Å². The third kappa shape index (κ3) is 3.89. The SMILES string of the molecule is CCc1cnc(C2NC(=O)C(C)(C(C)C)N2)c(C(=O)OCc2ccccn2)c1. The molecule has 148 valence electrons. The van der Waals surface area contributed by atoms with Gasteiger partial charge in [0.1, 0.15) is 12.8 Å². The van der Waals surface area contributed by atoms with Gasteiger partial charge in [0.2, 0.25) is 5.91 Å². The zero-order valence-corrected chi connectivity index (χ0v) is 16.7. The van der Waals surface area contributed by atoms with E-state index in [0.29, 0.717) is 17.0 Å². The van der Waals surface area contributed by atoms with E-state index in [1.807, 2.05) is 33.8 Å². The van der Waals surface area contributed by atoms with Gasteiger partial charge in [0.15, 0.2) is 0 Å². The van der Waals surface area contributed by atoms with E-state index in [4.69, 9.17) is 4.74 Å². The maximum atomic E-state index is 12.8. The molecule has 7 nitrogen and oxygen atoms in total. The van der Waals surface area contributed by atoms with Crippen molar-refractivity contribution in [2.75, 3.05) is 0 Å². The second kappa shape index (κ2) is 8.06. The summed E-state index contributed by atoms with van der Waals surface area (Å²) in [5, 5.41) is 6.21. The predicted octanol–water partition coefficient (Wildman–Crippen LogP) is 2.53. The molecule has 3 rings (SSSR count). The first-order valence-corrected chi connectivity index (χ1v) is 9.49. The van der Waals surface area contributed by atoms with E-state index in [2.05, 4.69) is 20.6 Å². The lowest BCUT2D eigenvalue weighted by Crippen LogP contribution is -2.48. The maximum absolute atomic E-state index is 12.8. The van der Waals surface area contributed by atoms with Crippen molar-refractivity contribution in [1.29, 1.82) is 0 Å². The molecule has 1 amide bonds. The molecule has 0 spiro atoms. The van der Waals surface area contributed by atoms with Gasteiger partial charge in [-0.25, -0.2) is 4.79 Å². The van der Waals surface area contributed by atoms with Gasteiger partial charge < -0.3 is 10.1 Å². The molecule has 2 atom stereocenters. The van der Waals surface area contributed by atoms with E-state index in [9.17, 15) is 9.59 Å². The number of aromatic nitrogens is 2. The van der Waals surface area contributed by atoms with Crippen molar-refractivity contribution in [2.24, 2.45) is 5.92 Å². The number of ether oxygens (including phenoxy) is 1. The Bertz CT molecular complexity index is 869. The Morgan fingerprint density at radius 2 is 2.11 bits per heavy atom. The summed E-state index contributed by atoms with van der Waals surface area (Å²) in [4.78, 5) is 34.0. The normalized spacial score (nSPS) is 21.6. The average Bonchev–Trinajstić information content (AvgIpc) is 3.02. The van der Waals surface area contributed by atoms with Crippen molar-refractivity contribution < 1.29 is 14.3 Å². The highest BCUT2D eigenvalue weighted by Gasteiger charge is 2.46. The Hall–Kier alpha value is -2.80. The van der Waals surface area contributed by atoms with E-state index >= 15 is 0 Å². The number of hydrogen-bond acceptors (Lipinski definition) is 6. The number of carbonyl (C=O) groups excluding carboxylic acids is 2. The molecule has 1 aliphatic rings. The molecular weight excluding hydrogens is 356 g/mol. The zero-order valence-electron chi connectivity index (χ0n) is 16.7. The summed E-state index contributed by atoms with van der Waals surface area (Å²) in [7, 11) is 0. The Balaban J connectivity index is 1.86. The summed E-state index contributed by atoms with van der Waals surface area (Å²) < 4.78 is 5.46. The van der Waals surface area contributed by atoms with E-state index in [1.54, 1.807) is 30.6 Å². The summed E-state index contributed by atoms with van der Waals surface area (Å²) >= 11 is 0. The van der Waals surface area contributed by atoms with Crippen LogP contribution in [0, 0.1) is 5.92 Å². The quantitative estimate of drug-likeness (QED) is 0.746. The monoisotopic (exact) mass is 382 g/mol. The molecule has 0 aromatic carbocycles. The molecular formula is C21H26N4O3. The second-order valence-electron chi connectivity index (χ2n) is 7.43. The Morgan fingerprint density at radius 1 is 1.32 bits per heavy atom. The van der Waals surface area contributed by atoms with Crippen LogP contribution in [0.4, 0.5) is 0 Å². The van der Waals surface area contributed by atoms with Crippen LogP contribution in [-0.2, 0) is 22.6 Å². The number of pyridine rings is 2. The molecule has 2 aromatic rings. The molecule has 2 unspecified atom stereocenters. The van der Waals surface area contributed by atoms with Crippen LogP contribution in [0.3, 0.4) is 0 Å². The first kappa shape index (κ1) is 19.9. The van der Waals surface area contributed by atoms with Gasteiger partial charge in [-0.05, 0) is 43.0 Å². The van der Waals surface area contributed by atoms with Crippen LogP contribution >= 0.6 is 0 Å². The van der Waals surface area contributed by atoms with E-state index in [0.717, 1.165) is 12.0 Å². The van der Waals surface area contributed by atoms with Gasteiger partial charge >= 0.3 is 5.97 Å². The summed E-state index contributed by atoms with van der Waals surface area (Å²) in [6.07, 6.45) is 3.56. The van der Waals surface area contributed by atoms with Crippen molar-refractivity contribution >= 4 is 11.9 Å². The predicted molar refractivity (Wildman–Crippen MR) is 104 cm³/mol. The number of esters is 1. The Labute approximate surface area is 164 Å². The lowest BCUT2D eigenvalue weighted by atomic mass is 9.89. The minimum absolute atomic E-state index is 0.0730. The number of aryl methyl sites for hydroxylation is 1. The summed E-state index contributed by atoms with van der Waals surface area (Å²) in [5.74, 6) is -0.522. The van der Waals surface area contributed by atoms with Crippen molar-refractivity contribution in [3.05, 3.63) is 59.2 Å². The molecule has 1 aliphatic heterocycles. The number of nitrogens with zero attached hydrogens (tertiary/aromatic N) is 2. The molecule has 2 N–H and O–H groups in total. The number of hydrogen-bond donors (Lipinski definition) is 2. The van der Waals surface area contributed by atoms with Crippen LogP contribution in [0.15, 0.2) is 36.7 Å². The molecule has 0 radical (unpaired) electrons. The van der Waals surface area contributed by atoms with Crippen LogP contribution in [0.2, 0.25) is 0 Å². The third-order valence-corrected chi connectivity index (χ3v) is 5.30. The van der Waals surface area contributed by atoms with Crippen molar-refractivity contribution in [3.8, 4) is 0 Å². The van der Waals surface area contributed by atoms with E-state index in [1.165, 1.54) is 0 Å². The largest absolute Gasteiger partial charge is 0.456 e. The lowest BCUT2D eigenvalue weighted by Gasteiger charge is -2.26. The molecule has 1 saturated heterocycles. The molecule has 0 bridgehead atoms. The molecule has 7 heteroatoms. The smallest absolute Gasteiger partial charge is 0.340 e. The third-order valence-electron chi connectivity index (χ3n) is 5.30. The molecule has 2 aromatic heterocycles. The van der Waals surface area contributed by atoms with Gasteiger partial charge in [-0.1, -0.05) is 26.8 Å². The Kier molecular flexibility index (Phi) is 5.74. The molecule has 0 saturated carbocycles. The molecule has 28 heavy (non-hydrogen) atoms. The van der Waals surface area contributed by atoms with Crippen LogP contribution in [0.1, 0.15) is 61.2 Å². The number of rotatable bonds is 6. The zero-order chi connectivity index (χ0) is 20.3. The fourth-order valence-electron chi connectivity index (χ4n) is 3.05. The maximum Gasteiger partial charge on any atom is 0.340 e. The Morgan fingerprint density at radius 3 is 2.71 bits per heavy atom. The van der Waals surface area contributed by atoms with Gasteiger partial charge in [0.05, 0.1) is 22.5 Å². The average molecular weight is 382 g/mol. The van der Waals surface area contributed by atoms with E-state index < -0.39 is 17.7 Å². The molecule has 0 aliphatic carbocycles. The van der Waals surface area contributed by atoms with Gasteiger partial charge in [-0.3, -0.25) is 20.1 Å². The van der Waals surface area contributed by atoms with Crippen molar-refractivity contribution in [2.45, 2.75) is 52.4 Å². The highest BCUT2D eigenvalue weighted by molar-refractivity contribution is 5.92. The minimum Gasteiger partial charge on any atom is -0.456 e.